The maximum atomic E-state index is 13.6. The van der Waals surface area contributed by atoms with Crippen LogP contribution < -0.4 is 4.90 Å². The second-order valence-electron chi connectivity index (χ2n) is 10.6. The highest BCUT2D eigenvalue weighted by Gasteiger charge is 2.46. The van der Waals surface area contributed by atoms with Crippen LogP contribution >= 0.6 is 0 Å². The molecule has 3 amide bonds. The van der Waals surface area contributed by atoms with E-state index in [4.69, 9.17) is 0 Å². The first kappa shape index (κ1) is 22.3. The average Bonchev–Trinajstić information content (AvgIpc) is 3.73. The lowest BCUT2D eigenvalue weighted by molar-refractivity contribution is -0.135. The van der Waals surface area contributed by atoms with E-state index in [1.54, 1.807) is 6.07 Å². The molecule has 1 aliphatic carbocycles. The van der Waals surface area contributed by atoms with Gasteiger partial charge in [-0.3, -0.25) is 19.3 Å². The monoisotopic (exact) mass is 471 g/mol. The lowest BCUT2D eigenvalue weighted by atomic mass is 9.92. The SMILES string of the molecule is O=C([C@H]1CCCN(c2cccc3c2C(=O)N(C2CC2)C3=O)C1)N1CCC[C@@H](c2ccccc2)CC1. The van der Waals surface area contributed by atoms with E-state index in [2.05, 4.69) is 40.1 Å². The summed E-state index contributed by atoms with van der Waals surface area (Å²) in [6.45, 7) is 3.04. The van der Waals surface area contributed by atoms with Gasteiger partial charge in [0.1, 0.15) is 0 Å². The summed E-state index contributed by atoms with van der Waals surface area (Å²) in [5.41, 5.74) is 3.26. The number of hydrogen-bond acceptors (Lipinski definition) is 4. The lowest BCUT2D eigenvalue weighted by Crippen LogP contribution is -2.45. The van der Waals surface area contributed by atoms with Gasteiger partial charge in [0.15, 0.2) is 0 Å². The molecule has 0 spiro atoms. The predicted molar refractivity (Wildman–Crippen MR) is 135 cm³/mol. The number of piperidine rings is 1. The Bertz CT molecular complexity index is 1140. The van der Waals surface area contributed by atoms with Crippen LogP contribution in [0.3, 0.4) is 0 Å². The van der Waals surface area contributed by atoms with Crippen molar-refractivity contribution < 1.29 is 14.4 Å². The molecule has 6 rings (SSSR count). The Morgan fingerprint density at radius 1 is 0.771 bits per heavy atom. The fourth-order valence-corrected chi connectivity index (χ4v) is 6.24. The quantitative estimate of drug-likeness (QED) is 0.618. The van der Waals surface area contributed by atoms with Crippen LogP contribution in [0, 0.1) is 5.92 Å². The molecule has 0 aromatic heterocycles. The second kappa shape index (κ2) is 9.14. The Kier molecular flexibility index (Phi) is 5.83. The zero-order valence-electron chi connectivity index (χ0n) is 20.2. The molecule has 0 N–H and O–H groups in total. The van der Waals surface area contributed by atoms with Gasteiger partial charge in [-0.2, -0.15) is 0 Å². The molecule has 2 saturated heterocycles. The average molecular weight is 472 g/mol. The van der Waals surface area contributed by atoms with E-state index in [1.807, 2.05) is 12.1 Å². The Balaban J connectivity index is 1.16. The predicted octanol–water partition coefficient (Wildman–Crippen LogP) is 4.46. The number of anilines is 1. The minimum atomic E-state index is -0.156. The standard InChI is InChI=1S/C29H33N3O3/c33-27(30-16-5-9-21(15-18-30)20-7-2-1-3-8-20)22-10-6-17-31(19-22)25-12-4-11-24-26(25)29(35)32(28(24)34)23-13-14-23/h1-4,7-8,11-12,21-23H,5-6,9-10,13-19H2/t21-,22+/m1/s1. The van der Waals surface area contributed by atoms with Crippen LogP contribution in [0.5, 0.6) is 0 Å². The Morgan fingerprint density at radius 3 is 2.37 bits per heavy atom. The molecule has 6 heteroatoms. The molecule has 2 atom stereocenters. The number of carbonyl (C=O) groups excluding carboxylic acids is 3. The van der Waals surface area contributed by atoms with Gasteiger partial charge in [-0.05, 0) is 68.6 Å². The van der Waals surface area contributed by atoms with Crippen molar-refractivity contribution in [3.05, 3.63) is 65.2 Å². The van der Waals surface area contributed by atoms with E-state index in [1.165, 1.54) is 10.5 Å². The first-order chi connectivity index (χ1) is 17.1. The van der Waals surface area contributed by atoms with Crippen molar-refractivity contribution in [3.63, 3.8) is 0 Å². The van der Waals surface area contributed by atoms with Gasteiger partial charge in [-0.1, -0.05) is 36.4 Å². The fourth-order valence-electron chi connectivity index (χ4n) is 6.24. The summed E-state index contributed by atoms with van der Waals surface area (Å²) in [5.74, 6) is 0.381. The smallest absolute Gasteiger partial charge is 0.263 e. The van der Waals surface area contributed by atoms with E-state index in [9.17, 15) is 14.4 Å². The molecule has 35 heavy (non-hydrogen) atoms. The Hall–Kier alpha value is -3.15. The van der Waals surface area contributed by atoms with Crippen molar-refractivity contribution in [1.29, 1.82) is 0 Å². The van der Waals surface area contributed by atoms with Crippen LogP contribution in [-0.4, -0.2) is 59.7 Å². The van der Waals surface area contributed by atoms with Gasteiger partial charge in [-0.25, -0.2) is 0 Å². The summed E-state index contributed by atoms with van der Waals surface area (Å²) in [7, 11) is 0. The summed E-state index contributed by atoms with van der Waals surface area (Å²) in [4.78, 5) is 45.4. The molecule has 0 radical (unpaired) electrons. The van der Waals surface area contributed by atoms with Gasteiger partial charge in [0.25, 0.3) is 11.8 Å². The number of carbonyl (C=O) groups is 3. The van der Waals surface area contributed by atoms with Crippen molar-refractivity contribution in [2.75, 3.05) is 31.1 Å². The minimum absolute atomic E-state index is 0.0636. The van der Waals surface area contributed by atoms with Gasteiger partial charge in [0.2, 0.25) is 5.91 Å². The van der Waals surface area contributed by atoms with Crippen molar-refractivity contribution in [1.82, 2.24) is 9.80 Å². The number of nitrogens with zero attached hydrogens (tertiary/aromatic N) is 3. The second-order valence-corrected chi connectivity index (χ2v) is 10.6. The largest absolute Gasteiger partial charge is 0.370 e. The van der Waals surface area contributed by atoms with Crippen molar-refractivity contribution in [3.8, 4) is 0 Å². The van der Waals surface area contributed by atoms with Crippen molar-refractivity contribution in [2.45, 2.75) is 56.9 Å². The number of fused-ring (bicyclic) bond motifs is 1. The molecule has 4 aliphatic rings. The highest BCUT2D eigenvalue weighted by Crippen LogP contribution is 2.39. The van der Waals surface area contributed by atoms with Crippen LogP contribution in [0.15, 0.2) is 48.5 Å². The topological polar surface area (TPSA) is 60.9 Å². The zero-order valence-corrected chi connectivity index (χ0v) is 20.2. The van der Waals surface area contributed by atoms with Crippen LogP contribution in [0.25, 0.3) is 0 Å². The summed E-state index contributed by atoms with van der Waals surface area (Å²) < 4.78 is 0. The molecule has 2 aromatic carbocycles. The first-order valence-electron chi connectivity index (χ1n) is 13.2. The number of rotatable bonds is 4. The maximum Gasteiger partial charge on any atom is 0.263 e. The van der Waals surface area contributed by atoms with Gasteiger partial charge < -0.3 is 9.80 Å². The molecular weight excluding hydrogens is 438 g/mol. The number of benzene rings is 2. The molecule has 3 heterocycles. The number of likely N-dealkylation sites (tertiary alicyclic amines) is 1. The number of imide groups is 1. The van der Waals surface area contributed by atoms with E-state index in [0.717, 1.165) is 70.3 Å². The highest BCUT2D eigenvalue weighted by molar-refractivity contribution is 6.24. The summed E-state index contributed by atoms with van der Waals surface area (Å²) in [6.07, 6.45) is 6.76. The molecule has 0 unspecified atom stereocenters. The molecule has 1 saturated carbocycles. The molecule has 6 nitrogen and oxygen atoms in total. The Labute approximate surface area is 206 Å². The van der Waals surface area contributed by atoms with Gasteiger partial charge >= 0.3 is 0 Å². The zero-order chi connectivity index (χ0) is 23.9. The van der Waals surface area contributed by atoms with Crippen LogP contribution in [-0.2, 0) is 4.79 Å². The van der Waals surface area contributed by atoms with Crippen molar-refractivity contribution >= 4 is 23.4 Å². The third kappa shape index (κ3) is 4.13. The van der Waals surface area contributed by atoms with Gasteiger partial charge in [-0.15, -0.1) is 0 Å². The van der Waals surface area contributed by atoms with Gasteiger partial charge in [0, 0.05) is 32.2 Å². The number of hydrogen-bond donors (Lipinski definition) is 0. The minimum Gasteiger partial charge on any atom is -0.370 e. The molecular formula is C29H33N3O3. The normalized spacial score (nSPS) is 25.0. The van der Waals surface area contributed by atoms with Crippen LogP contribution in [0.1, 0.15) is 77.1 Å². The molecule has 2 aromatic rings. The van der Waals surface area contributed by atoms with E-state index < -0.39 is 0 Å². The summed E-state index contributed by atoms with van der Waals surface area (Å²) >= 11 is 0. The molecule has 3 fully saturated rings. The van der Waals surface area contributed by atoms with Gasteiger partial charge in [0.05, 0.1) is 22.7 Å². The highest BCUT2D eigenvalue weighted by atomic mass is 16.2. The Morgan fingerprint density at radius 2 is 1.57 bits per heavy atom. The third-order valence-corrected chi connectivity index (χ3v) is 8.26. The van der Waals surface area contributed by atoms with E-state index in [0.29, 0.717) is 23.6 Å². The summed E-state index contributed by atoms with van der Waals surface area (Å²) in [6, 6.07) is 16.3. The molecule has 3 aliphatic heterocycles. The van der Waals surface area contributed by atoms with E-state index in [-0.39, 0.29) is 29.7 Å². The summed E-state index contributed by atoms with van der Waals surface area (Å²) in [5, 5.41) is 0. The van der Waals surface area contributed by atoms with Crippen LogP contribution in [0.2, 0.25) is 0 Å². The number of amides is 3. The fraction of sp³-hybridized carbons (Fsp3) is 0.483. The van der Waals surface area contributed by atoms with Crippen molar-refractivity contribution in [2.24, 2.45) is 5.92 Å². The lowest BCUT2D eigenvalue weighted by Gasteiger charge is -2.36. The maximum absolute atomic E-state index is 13.6. The van der Waals surface area contributed by atoms with E-state index >= 15 is 0 Å². The molecule has 182 valence electrons. The van der Waals surface area contributed by atoms with Crippen LogP contribution in [0.4, 0.5) is 5.69 Å². The third-order valence-electron chi connectivity index (χ3n) is 8.26. The first-order valence-corrected chi connectivity index (χ1v) is 13.2. The molecule has 0 bridgehead atoms.